The van der Waals surface area contributed by atoms with Crippen LogP contribution in [0.15, 0.2) is 16.6 Å². The van der Waals surface area contributed by atoms with Crippen LogP contribution in [-0.4, -0.2) is 5.11 Å². The van der Waals surface area contributed by atoms with Crippen molar-refractivity contribution in [1.82, 2.24) is 0 Å². The Morgan fingerprint density at radius 2 is 2.09 bits per heavy atom. The fourth-order valence-corrected chi connectivity index (χ4v) is 1.62. The number of aromatic hydroxyl groups is 1. The first kappa shape index (κ1) is 8.60. The standard InChI is InChI=1S/C9H11BrO/c1-3-7-4-6(2)9(11)8(10)5-7/h4-5,11H,3H2,1-2H3. The fourth-order valence-electron chi connectivity index (χ4n) is 1.01. The Labute approximate surface area is 75.2 Å². The number of hydrogen-bond acceptors (Lipinski definition) is 1. The topological polar surface area (TPSA) is 20.2 Å². The molecule has 0 bridgehead atoms. The second kappa shape index (κ2) is 3.26. The minimum absolute atomic E-state index is 0.349. The van der Waals surface area contributed by atoms with Gasteiger partial charge in [-0.25, -0.2) is 0 Å². The second-order valence-electron chi connectivity index (χ2n) is 2.60. The molecule has 1 rings (SSSR count). The Morgan fingerprint density at radius 3 is 2.55 bits per heavy atom. The van der Waals surface area contributed by atoms with E-state index >= 15 is 0 Å². The summed E-state index contributed by atoms with van der Waals surface area (Å²) in [6.45, 7) is 4.00. The van der Waals surface area contributed by atoms with E-state index < -0.39 is 0 Å². The van der Waals surface area contributed by atoms with Gasteiger partial charge in [-0.05, 0) is 46.5 Å². The highest BCUT2D eigenvalue weighted by molar-refractivity contribution is 9.10. The Kier molecular flexibility index (Phi) is 2.55. The molecule has 2 heteroatoms. The number of halogens is 1. The molecule has 0 saturated carbocycles. The number of aryl methyl sites for hydroxylation is 2. The van der Waals surface area contributed by atoms with Crippen LogP contribution in [0.3, 0.4) is 0 Å². The number of phenols is 1. The van der Waals surface area contributed by atoms with Gasteiger partial charge in [0.2, 0.25) is 0 Å². The van der Waals surface area contributed by atoms with E-state index in [4.69, 9.17) is 0 Å². The molecule has 0 aliphatic heterocycles. The zero-order valence-corrected chi connectivity index (χ0v) is 8.27. The summed E-state index contributed by atoms with van der Waals surface area (Å²) in [5, 5.41) is 9.38. The molecule has 1 aromatic carbocycles. The third-order valence-corrected chi connectivity index (χ3v) is 2.33. The quantitative estimate of drug-likeness (QED) is 0.763. The van der Waals surface area contributed by atoms with E-state index in [1.54, 1.807) is 0 Å². The molecule has 0 amide bonds. The molecule has 0 spiro atoms. The maximum Gasteiger partial charge on any atom is 0.132 e. The Morgan fingerprint density at radius 1 is 1.45 bits per heavy atom. The predicted octanol–water partition coefficient (Wildman–Crippen LogP) is 3.03. The first-order chi connectivity index (χ1) is 5.15. The zero-order valence-electron chi connectivity index (χ0n) is 6.69. The molecule has 11 heavy (non-hydrogen) atoms. The molecule has 0 fully saturated rings. The van der Waals surface area contributed by atoms with Crippen LogP contribution in [-0.2, 0) is 6.42 Å². The normalized spacial score (nSPS) is 10.1. The van der Waals surface area contributed by atoms with Crippen LogP contribution < -0.4 is 0 Å². The van der Waals surface area contributed by atoms with Gasteiger partial charge < -0.3 is 5.11 Å². The average Bonchev–Trinajstić information content (AvgIpc) is 1.99. The smallest absolute Gasteiger partial charge is 0.132 e. The molecule has 0 aromatic heterocycles. The molecule has 0 saturated heterocycles. The lowest BCUT2D eigenvalue weighted by molar-refractivity contribution is 0.467. The summed E-state index contributed by atoms with van der Waals surface area (Å²) in [4.78, 5) is 0. The summed E-state index contributed by atoms with van der Waals surface area (Å²) in [5.74, 6) is 0.349. The Balaban J connectivity index is 3.21. The van der Waals surface area contributed by atoms with Gasteiger partial charge in [-0.2, -0.15) is 0 Å². The number of phenolic OH excluding ortho intramolecular Hbond substituents is 1. The van der Waals surface area contributed by atoms with Crippen molar-refractivity contribution in [2.24, 2.45) is 0 Å². The van der Waals surface area contributed by atoms with Gasteiger partial charge in [-0.1, -0.05) is 13.0 Å². The van der Waals surface area contributed by atoms with Crippen molar-refractivity contribution < 1.29 is 5.11 Å². The third-order valence-electron chi connectivity index (χ3n) is 1.72. The van der Waals surface area contributed by atoms with Gasteiger partial charge in [0, 0.05) is 0 Å². The maximum absolute atomic E-state index is 9.38. The van der Waals surface area contributed by atoms with Crippen molar-refractivity contribution in [3.63, 3.8) is 0 Å². The summed E-state index contributed by atoms with van der Waals surface area (Å²) in [5.41, 5.74) is 2.17. The molecular formula is C9H11BrO. The largest absolute Gasteiger partial charge is 0.506 e. The number of rotatable bonds is 1. The molecule has 0 aliphatic carbocycles. The molecule has 0 unspecified atom stereocenters. The fraction of sp³-hybridized carbons (Fsp3) is 0.333. The minimum atomic E-state index is 0.349. The highest BCUT2D eigenvalue weighted by Crippen LogP contribution is 2.28. The van der Waals surface area contributed by atoms with E-state index in [-0.39, 0.29) is 0 Å². The van der Waals surface area contributed by atoms with Crippen LogP contribution in [0.4, 0.5) is 0 Å². The van der Waals surface area contributed by atoms with Gasteiger partial charge in [0.15, 0.2) is 0 Å². The van der Waals surface area contributed by atoms with E-state index in [1.807, 2.05) is 19.1 Å². The van der Waals surface area contributed by atoms with Crippen molar-refractivity contribution in [3.05, 3.63) is 27.7 Å². The summed E-state index contributed by atoms with van der Waals surface area (Å²) < 4.78 is 0.786. The van der Waals surface area contributed by atoms with Crippen LogP contribution in [0.2, 0.25) is 0 Å². The summed E-state index contributed by atoms with van der Waals surface area (Å²) in [7, 11) is 0. The van der Waals surface area contributed by atoms with Crippen molar-refractivity contribution >= 4 is 15.9 Å². The highest BCUT2D eigenvalue weighted by atomic mass is 79.9. The molecule has 60 valence electrons. The number of benzene rings is 1. The van der Waals surface area contributed by atoms with Gasteiger partial charge in [0.05, 0.1) is 4.47 Å². The van der Waals surface area contributed by atoms with E-state index in [0.29, 0.717) is 5.75 Å². The van der Waals surface area contributed by atoms with Crippen LogP contribution in [0.5, 0.6) is 5.75 Å². The van der Waals surface area contributed by atoms with Crippen molar-refractivity contribution in [1.29, 1.82) is 0 Å². The van der Waals surface area contributed by atoms with Gasteiger partial charge in [-0.3, -0.25) is 0 Å². The molecule has 0 heterocycles. The first-order valence-electron chi connectivity index (χ1n) is 3.63. The van der Waals surface area contributed by atoms with E-state index in [2.05, 4.69) is 22.9 Å². The maximum atomic E-state index is 9.38. The zero-order chi connectivity index (χ0) is 8.43. The Bertz CT molecular complexity index is 245. The first-order valence-corrected chi connectivity index (χ1v) is 4.42. The van der Waals surface area contributed by atoms with E-state index in [9.17, 15) is 5.11 Å². The van der Waals surface area contributed by atoms with Crippen molar-refractivity contribution in [2.45, 2.75) is 20.3 Å². The molecule has 0 atom stereocenters. The summed E-state index contributed by atoms with van der Waals surface area (Å²) in [6, 6.07) is 3.95. The second-order valence-corrected chi connectivity index (χ2v) is 3.45. The van der Waals surface area contributed by atoms with Crippen molar-refractivity contribution in [2.75, 3.05) is 0 Å². The van der Waals surface area contributed by atoms with Gasteiger partial charge in [0.1, 0.15) is 5.75 Å². The number of hydrogen-bond donors (Lipinski definition) is 1. The molecule has 0 aliphatic rings. The summed E-state index contributed by atoms with van der Waals surface area (Å²) in [6.07, 6.45) is 1.000. The van der Waals surface area contributed by atoms with Gasteiger partial charge >= 0.3 is 0 Å². The van der Waals surface area contributed by atoms with Crippen LogP contribution in [0, 0.1) is 6.92 Å². The average molecular weight is 215 g/mol. The van der Waals surface area contributed by atoms with E-state index in [0.717, 1.165) is 16.5 Å². The lowest BCUT2D eigenvalue weighted by atomic mass is 10.1. The van der Waals surface area contributed by atoms with Crippen LogP contribution in [0.25, 0.3) is 0 Å². The van der Waals surface area contributed by atoms with Crippen LogP contribution in [0.1, 0.15) is 18.1 Å². The third kappa shape index (κ3) is 1.74. The van der Waals surface area contributed by atoms with Gasteiger partial charge in [-0.15, -0.1) is 0 Å². The molecule has 1 N–H and O–H groups in total. The molecule has 0 radical (unpaired) electrons. The predicted molar refractivity (Wildman–Crippen MR) is 49.9 cm³/mol. The SMILES string of the molecule is CCc1cc(C)c(O)c(Br)c1. The monoisotopic (exact) mass is 214 g/mol. The highest BCUT2D eigenvalue weighted by Gasteiger charge is 2.02. The lowest BCUT2D eigenvalue weighted by Gasteiger charge is -2.03. The Hall–Kier alpha value is -0.500. The molecule has 1 aromatic rings. The summed E-state index contributed by atoms with van der Waals surface area (Å²) >= 11 is 3.29. The van der Waals surface area contributed by atoms with E-state index in [1.165, 1.54) is 5.56 Å². The van der Waals surface area contributed by atoms with Crippen molar-refractivity contribution in [3.8, 4) is 5.75 Å². The molecular weight excluding hydrogens is 204 g/mol. The van der Waals surface area contributed by atoms with Gasteiger partial charge in [0.25, 0.3) is 0 Å². The minimum Gasteiger partial charge on any atom is -0.506 e. The lowest BCUT2D eigenvalue weighted by Crippen LogP contribution is -1.83. The van der Waals surface area contributed by atoms with Crippen LogP contribution >= 0.6 is 15.9 Å². The molecule has 1 nitrogen and oxygen atoms in total.